The monoisotopic (exact) mass is 300 g/mol. The van der Waals surface area contributed by atoms with Gasteiger partial charge in [-0.3, -0.25) is 0 Å². The van der Waals surface area contributed by atoms with Crippen LogP contribution in [0.1, 0.15) is 12.8 Å². The van der Waals surface area contributed by atoms with E-state index in [-0.39, 0.29) is 5.75 Å². The summed E-state index contributed by atoms with van der Waals surface area (Å²) in [5.74, 6) is 0.362. The van der Waals surface area contributed by atoms with Crippen LogP contribution in [0.2, 0.25) is 0 Å². The molecule has 6 heteroatoms. The lowest BCUT2D eigenvalue weighted by Crippen LogP contribution is -2.01. The van der Waals surface area contributed by atoms with Crippen LogP contribution in [0.3, 0.4) is 0 Å². The third-order valence-corrected chi connectivity index (χ3v) is 3.33. The Hall–Kier alpha value is -2.76. The van der Waals surface area contributed by atoms with Crippen molar-refractivity contribution in [2.45, 2.75) is 19.4 Å². The average molecular weight is 300 g/mol. The number of unbranched alkanes of at least 4 members (excludes halogenated alkanes) is 1. The van der Waals surface area contributed by atoms with E-state index in [1.807, 2.05) is 10.8 Å². The highest BCUT2D eigenvalue weighted by atomic mass is 16.5. The van der Waals surface area contributed by atoms with Crippen LogP contribution in [-0.2, 0) is 6.54 Å². The minimum atomic E-state index is -0.426. The zero-order chi connectivity index (χ0) is 15.4. The molecule has 0 fully saturated rings. The summed E-state index contributed by atoms with van der Waals surface area (Å²) in [6.45, 7) is 1.35. The van der Waals surface area contributed by atoms with E-state index >= 15 is 0 Å². The second-order valence-corrected chi connectivity index (χ2v) is 4.97. The van der Waals surface area contributed by atoms with Crippen molar-refractivity contribution in [3.63, 3.8) is 0 Å². The van der Waals surface area contributed by atoms with Gasteiger partial charge >= 0.3 is 5.63 Å². The van der Waals surface area contributed by atoms with Crippen LogP contribution in [-0.4, -0.2) is 21.3 Å². The summed E-state index contributed by atoms with van der Waals surface area (Å²) in [5.41, 5.74) is -0.0248. The number of benzene rings is 1. The van der Waals surface area contributed by atoms with Crippen LogP contribution in [0.4, 0.5) is 0 Å². The second kappa shape index (κ2) is 6.34. The third-order valence-electron chi connectivity index (χ3n) is 3.33. The van der Waals surface area contributed by atoms with Gasteiger partial charge in [0.1, 0.15) is 5.58 Å². The molecule has 0 aliphatic rings. The molecule has 0 bridgehead atoms. The van der Waals surface area contributed by atoms with Crippen molar-refractivity contribution >= 4 is 11.0 Å². The highest BCUT2D eigenvalue weighted by molar-refractivity contribution is 5.80. The number of aryl methyl sites for hydroxylation is 1. The Labute approximate surface area is 126 Å². The Morgan fingerprint density at radius 3 is 3.00 bits per heavy atom. The smallest absolute Gasteiger partial charge is 0.336 e. The van der Waals surface area contributed by atoms with E-state index < -0.39 is 5.63 Å². The molecule has 2 heterocycles. The van der Waals surface area contributed by atoms with Gasteiger partial charge in [-0.05, 0) is 25.0 Å². The molecule has 114 valence electrons. The Morgan fingerprint density at radius 1 is 1.27 bits per heavy atom. The van der Waals surface area contributed by atoms with Gasteiger partial charge in [-0.25, -0.2) is 9.78 Å². The minimum absolute atomic E-state index is 0.0379. The Kier molecular flexibility index (Phi) is 4.09. The van der Waals surface area contributed by atoms with Crippen molar-refractivity contribution in [2.75, 3.05) is 6.61 Å². The van der Waals surface area contributed by atoms with Crippen LogP contribution in [0.5, 0.6) is 11.5 Å². The molecule has 6 nitrogen and oxygen atoms in total. The van der Waals surface area contributed by atoms with Gasteiger partial charge in [0.05, 0.1) is 12.9 Å². The first-order valence-corrected chi connectivity index (χ1v) is 7.08. The lowest BCUT2D eigenvalue weighted by atomic mass is 10.2. The van der Waals surface area contributed by atoms with Gasteiger partial charge in [-0.2, -0.15) is 0 Å². The largest absolute Gasteiger partial charge is 0.504 e. The molecule has 1 aromatic carbocycles. The van der Waals surface area contributed by atoms with Crippen LogP contribution >= 0.6 is 0 Å². The lowest BCUT2D eigenvalue weighted by molar-refractivity contribution is 0.288. The van der Waals surface area contributed by atoms with Gasteiger partial charge in [0.15, 0.2) is 11.5 Å². The summed E-state index contributed by atoms with van der Waals surface area (Å²) >= 11 is 0. The molecular formula is C16H16N2O4. The predicted octanol–water partition coefficient (Wildman–Crippen LogP) is 2.55. The molecule has 0 amide bonds. The first-order chi connectivity index (χ1) is 10.7. The zero-order valence-corrected chi connectivity index (χ0v) is 11.9. The molecule has 3 rings (SSSR count). The minimum Gasteiger partial charge on any atom is -0.504 e. The quantitative estimate of drug-likeness (QED) is 0.559. The third kappa shape index (κ3) is 3.28. The van der Waals surface area contributed by atoms with Crippen LogP contribution in [0.15, 0.2) is 52.2 Å². The Bertz CT molecular complexity index is 809. The van der Waals surface area contributed by atoms with E-state index in [9.17, 15) is 9.90 Å². The molecule has 0 spiro atoms. The molecule has 22 heavy (non-hydrogen) atoms. The molecule has 1 N–H and O–H groups in total. The Balaban J connectivity index is 1.58. The molecule has 3 aromatic rings. The van der Waals surface area contributed by atoms with E-state index in [0.717, 1.165) is 19.4 Å². The summed E-state index contributed by atoms with van der Waals surface area (Å²) in [5, 5.41) is 10.6. The summed E-state index contributed by atoms with van der Waals surface area (Å²) in [4.78, 5) is 15.2. The van der Waals surface area contributed by atoms with Crippen molar-refractivity contribution in [2.24, 2.45) is 0 Å². The second-order valence-electron chi connectivity index (χ2n) is 4.97. The lowest BCUT2D eigenvalue weighted by Gasteiger charge is -2.09. The number of phenolic OH excluding ortho intramolecular Hbond substituents is 1. The van der Waals surface area contributed by atoms with E-state index in [0.29, 0.717) is 23.3 Å². The standard InChI is InChI=1S/C16H16N2O4/c19-13-9-12-3-4-16(20)22-14(12)10-15(13)21-8-2-1-6-18-7-5-17-11-18/h3-5,7,9-11,19H,1-2,6,8H2. The number of aromatic hydroxyl groups is 1. The van der Waals surface area contributed by atoms with Gasteiger partial charge in [-0.1, -0.05) is 0 Å². The Morgan fingerprint density at radius 2 is 2.18 bits per heavy atom. The number of imidazole rings is 1. The summed E-state index contributed by atoms with van der Waals surface area (Å²) < 4.78 is 12.6. The molecule has 0 unspecified atom stereocenters. The van der Waals surface area contributed by atoms with Gasteiger partial charge in [0, 0.05) is 36.5 Å². The van der Waals surface area contributed by atoms with E-state index in [1.54, 1.807) is 24.7 Å². The summed E-state index contributed by atoms with van der Waals surface area (Å²) in [6.07, 6.45) is 7.22. The van der Waals surface area contributed by atoms with Crippen molar-refractivity contribution < 1.29 is 14.3 Å². The van der Waals surface area contributed by atoms with Crippen LogP contribution in [0, 0.1) is 0 Å². The first kappa shape index (κ1) is 14.2. The van der Waals surface area contributed by atoms with E-state index in [4.69, 9.17) is 9.15 Å². The molecule has 2 aromatic heterocycles. The maximum atomic E-state index is 11.2. The van der Waals surface area contributed by atoms with Gasteiger partial charge in [-0.15, -0.1) is 0 Å². The zero-order valence-electron chi connectivity index (χ0n) is 11.9. The molecule has 0 aliphatic heterocycles. The van der Waals surface area contributed by atoms with Crippen molar-refractivity contribution in [3.05, 3.63) is 53.4 Å². The van der Waals surface area contributed by atoms with Gasteiger partial charge in [0.2, 0.25) is 0 Å². The fourth-order valence-electron chi connectivity index (χ4n) is 2.20. The SMILES string of the molecule is O=c1ccc2cc(O)c(OCCCCn3ccnc3)cc2o1. The number of rotatable bonds is 6. The highest BCUT2D eigenvalue weighted by Gasteiger charge is 2.07. The summed E-state index contributed by atoms with van der Waals surface area (Å²) in [6, 6.07) is 6.00. The number of hydrogen-bond acceptors (Lipinski definition) is 5. The molecule has 0 radical (unpaired) electrons. The number of hydrogen-bond donors (Lipinski definition) is 1. The maximum absolute atomic E-state index is 11.2. The van der Waals surface area contributed by atoms with E-state index in [1.165, 1.54) is 12.1 Å². The van der Waals surface area contributed by atoms with Crippen molar-refractivity contribution in [3.8, 4) is 11.5 Å². The molecule has 0 aliphatic carbocycles. The fourth-order valence-corrected chi connectivity index (χ4v) is 2.20. The number of fused-ring (bicyclic) bond motifs is 1. The van der Waals surface area contributed by atoms with Crippen LogP contribution in [0.25, 0.3) is 11.0 Å². The van der Waals surface area contributed by atoms with Crippen molar-refractivity contribution in [1.29, 1.82) is 0 Å². The molecular weight excluding hydrogens is 284 g/mol. The average Bonchev–Trinajstić information content (AvgIpc) is 3.01. The highest BCUT2D eigenvalue weighted by Crippen LogP contribution is 2.30. The fraction of sp³-hybridized carbons (Fsp3) is 0.250. The van der Waals surface area contributed by atoms with Gasteiger partial charge in [0.25, 0.3) is 0 Å². The number of nitrogens with zero attached hydrogens (tertiary/aromatic N) is 2. The van der Waals surface area contributed by atoms with Crippen molar-refractivity contribution in [1.82, 2.24) is 9.55 Å². The molecule has 0 saturated carbocycles. The molecule has 0 atom stereocenters. The summed E-state index contributed by atoms with van der Waals surface area (Å²) in [7, 11) is 0. The molecule has 0 saturated heterocycles. The van der Waals surface area contributed by atoms with Crippen LogP contribution < -0.4 is 10.4 Å². The van der Waals surface area contributed by atoms with Gasteiger partial charge < -0.3 is 18.8 Å². The maximum Gasteiger partial charge on any atom is 0.336 e. The van der Waals surface area contributed by atoms with E-state index in [2.05, 4.69) is 4.98 Å². The number of aromatic nitrogens is 2. The first-order valence-electron chi connectivity index (χ1n) is 7.08. The number of phenols is 1. The normalized spacial score (nSPS) is 10.9. The topological polar surface area (TPSA) is 77.5 Å². The predicted molar refractivity (Wildman–Crippen MR) is 81.1 cm³/mol. The number of ether oxygens (including phenoxy) is 1.